The van der Waals surface area contributed by atoms with Gasteiger partial charge in [-0.3, -0.25) is 9.78 Å². The molecule has 1 fully saturated rings. The maximum atomic E-state index is 11.9. The monoisotopic (exact) mass is 206 g/mol. The minimum absolute atomic E-state index is 0.0412. The van der Waals surface area contributed by atoms with Crippen LogP contribution in [0.2, 0.25) is 0 Å². The minimum Gasteiger partial charge on any atom is -0.308 e. The Bertz CT molecular complexity index is 346. The minimum atomic E-state index is -0.461. The number of carbonyl (C=O) groups excluding carboxylic acids is 1. The van der Waals surface area contributed by atoms with E-state index in [2.05, 4.69) is 20.6 Å². The lowest BCUT2D eigenvalue weighted by Crippen LogP contribution is -2.48. The molecular formula is C10H14N4O. The zero-order valence-electron chi connectivity index (χ0n) is 8.66. The van der Waals surface area contributed by atoms with Crippen molar-refractivity contribution in [1.82, 2.24) is 15.3 Å². The van der Waals surface area contributed by atoms with Crippen molar-refractivity contribution < 1.29 is 4.79 Å². The van der Waals surface area contributed by atoms with Crippen LogP contribution in [-0.2, 0) is 4.79 Å². The molecule has 15 heavy (non-hydrogen) atoms. The van der Waals surface area contributed by atoms with Crippen molar-refractivity contribution in [3.8, 4) is 0 Å². The van der Waals surface area contributed by atoms with Crippen molar-refractivity contribution in [2.75, 3.05) is 11.9 Å². The molecule has 1 atom stereocenters. The Morgan fingerprint density at radius 2 is 2.47 bits per heavy atom. The van der Waals surface area contributed by atoms with E-state index in [1.54, 1.807) is 12.4 Å². The second kappa shape index (κ2) is 3.94. The van der Waals surface area contributed by atoms with Gasteiger partial charge in [-0.2, -0.15) is 0 Å². The standard InChI is InChI=1S/C10H14N4O/c1-10(3-2-4-13-10)9(15)14-8-7-11-5-6-12-8/h5-7,13H,2-4H2,1H3,(H,12,14,15)/t10-/m0/s1. The SMILES string of the molecule is C[C@@]1(C(=O)Nc2cnccn2)CCCN1. The highest BCUT2D eigenvalue weighted by molar-refractivity contribution is 5.97. The fourth-order valence-electron chi connectivity index (χ4n) is 1.71. The number of hydrogen-bond acceptors (Lipinski definition) is 4. The van der Waals surface area contributed by atoms with Crippen molar-refractivity contribution in [3.63, 3.8) is 0 Å². The molecule has 1 amide bonds. The number of hydrogen-bond donors (Lipinski definition) is 2. The van der Waals surface area contributed by atoms with Gasteiger partial charge in [0.1, 0.15) is 0 Å². The summed E-state index contributed by atoms with van der Waals surface area (Å²) in [6.07, 6.45) is 6.56. The Morgan fingerprint density at radius 1 is 1.60 bits per heavy atom. The Hall–Kier alpha value is -1.49. The summed E-state index contributed by atoms with van der Waals surface area (Å²) in [4.78, 5) is 19.8. The van der Waals surface area contributed by atoms with E-state index in [0.29, 0.717) is 5.82 Å². The second-order valence-corrected chi connectivity index (χ2v) is 3.91. The van der Waals surface area contributed by atoms with Gasteiger partial charge in [0.15, 0.2) is 5.82 Å². The number of anilines is 1. The van der Waals surface area contributed by atoms with E-state index >= 15 is 0 Å². The molecule has 0 spiro atoms. The molecule has 0 radical (unpaired) electrons. The smallest absolute Gasteiger partial charge is 0.245 e. The lowest BCUT2D eigenvalue weighted by atomic mass is 9.99. The zero-order valence-corrected chi connectivity index (χ0v) is 8.66. The topological polar surface area (TPSA) is 66.9 Å². The van der Waals surface area contributed by atoms with Crippen molar-refractivity contribution in [2.45, 2.75) is 25.3 Å². The summed E-state index contributed by atoms with van der Waals surface area (Å²) < 4.78 is 0. The third-order valence-corrected chi connectivity index (χ3v) is 2.67. The first-order valence-electron chi connectivity index (χ1n) is 5.03. The summed E-state index contributed by atoms with van der Waals surface area (Å²) in [5.74, 6) is 0.456. The molecule has 1 saturated heterocycles. The van der Waals surface area contributed by atoms with Crippen LogP contribution < -0.4 is 10.6 Å². The van der Waals surface area contributed by atoms with Gasteiger partial charge in [0.25, 0.3) is 0 Å². The van der Waals surface area contributed by atoms with Gasteiger partial charge in [0.2, 0.25) is 5.91 Å². The van der Waals surface area contributed by atoms with Crippen LogP contribution in [0, 0.1) is 0 Å². The first kappa shape index (κ1) is 10.0. The van der Waals surface area contributed by atoms with E-state index in [4.69, 9.17) is 0 Å². The van der Waals surface area contributed by atoms with E-state index in [1.165, 1.54) is 6.20 Å². The van der Waals surface area contributed by atoms with Gasteiger partial charge >= 0.3 is 0 Å². The van der Waals surface area contributed by atoms with Gasteiger partial charge in [-0.05, 0) is 26.3 Å². The predicted molar refractivity (Wildman–Crippen MR) is 56.3 cm³/mol. The van der Waals surface area contributed by atoms with Crippen LogP contribution in [0.5, 0.6) is 0 Å². The van der Waals surface area contributed by atoms with Crippen LogP contribution in [0.3, 0.4) is 0 Å². The number of aromatic nitrogens is 2. The van der Waals surface area contributed by atoms with Gasteiger partial charge in [-0.25, -0.2) is 4.98 Å². The molecule has 1 aliphatic rings. The van der Waals surface area contributed by atoms with Crippen LogP contribution in [0.25, 0.3) is 0 Å². The van der Waals surface area contributed by atoms with E-state index in [-0.39, 0.29) is 5.91 Å². The molecule has 5 heteroatoms. The van der Waals surface area contributed by atoms with E-state index in [9.17, 15) is 4.79 Å². The van der Waals surface area contributed by atoms with Gasteiger partial charge in [0.05, 0.1) is 11.7 Å². The largest absolute Gasteiger partial charge is 0.308 e. The molecule has 2 heterocycles. The third-order valence-electron chi connectivity index (χ3n) is 2.67. The lowest BCUT2D eigenvalue weighted by Gasteiger charge is -2.22. The molecule has 0 bridgehead atoms. The number of rotatable bonds is 2. The van der Waals surface area contributed by atoms with E-state index < -0.39 is 5.54 Å². The molecule has 1 aromatic heterocycles. The molecule has 2 rings (SSSR count). The summed E-state index contributed by atoms with van der Waals surface area (Å²) in [5.41, 5.74) is -0.461. The van der Waals surface area contributed by atoms with Crippen molar-refractivity contribution in [1.29, 1.82) is 0 Å². The number of amides is 1. The fourth-order valence-corrected chi connectivity index (χ4v) is 1.71. The first-order chi connectivity index (χ1) is 7.21. The highest BCUT2D eigenvalue weighted by Crippen LogP contribution is 2.19. The first-order valence-corrected chi connectivity index (χ1v) is 5.03. The van der Waals surface area contributed by atoms with Crippen molar-refractivity contribution in [2.24, 2.45) is 0 Å². The quantitative estimate of drug-likeness (QED) is 0.742. The summed E-state index contributed by atoms with van der Waals surface area (Å²) in [5, 5.41) is 5.94. The number of nitrogens with zero attached hydrogens (tertiary/aromatic N) is 2. The van der Waals surface area contributed by atoms with Crippen molar-refractivity contribution in [3.05, 3.63) is 18.6 Å². The molecular weight excluding hydrogens is 192 g/mol. The fraction of sp³-hybridized carbons (Fsp3) is 0.500. The van der Waals surface area contributed by atoms with Crippen molar-refractivity contribution >= 4 is 11.7 Å². The Morgan fingerprint density at radius 3 is 3.07 bits per heavy atom. The number of nitrogens with one attached hydrogen (secondary N) is 2. The Labute approximate surface area is 88.3 Å². The number of carbonyl (C=O) groups is 1. The lowest BCUT2D eigenvalue weighted by molar-refractivity contribution is -0.121. The maximum Gasteiger partial charge on any atom is 0.245 e. The molecule has 0 unspecified atom stereocenters. The highest BCUT2D eigenvalue weighted by Gasteiger charge is 2.35. The average molecular weight is 206 g/mol. The molecule has 2 N–H and O–H groups in total. The molecule has 0 aromatic carbocycles. The van der Waals surface area contributed by atoms with Gasteiger partial charge < -0.3 is 10.6 Å². The van der Waals surface area contributed by atoms with Gasteiger partial charge in [0, 0.05) is 12.4 Å². The Kier molecular flexibility index (Phi) is 2.64. The van der Waals surface area contributed by atoms with Crippen LogP contribution in [-0.4, -0.2) is 28.0 Å². The third kappa shape index (κ3) is 2.12. The molecule has 0 saturated carbocycles. The van der Waals surface area contributed by atoms with Crippen LogP contribution in [0.15, 0.2) is 18.6 Å². The molecule has 80 valence electrons. The summed E-state index contributed by atoms with van der Waals surface area (Å²) >= 11 is 0. The maximum absolute atomic E-state index is 11.9. The predicted octanol–water partition coefficient (Wildman–Crippen LogP) is 0.557. The second-order valence-electron chi connectivity index (χ2n) is 3.91. The van der Waals surface area contributed by atoms with E-state index in [1.807, 2.05) is 6.92 Å². The van der Waals surface area contributed by atoms with Gasteiger partial charge in [-0.15, -0.1) is 0 Å². The summed E-state index contributed by atoms with van der Waals surface area (Å²) in [6.45, 7) is 2.80. The summed E-state index contributed by atoms with van der Waals surface area (Å²) in [7, 11) is 0. The van der Waals surface area contributed by atoms with Gasteiger partial charge in [-0.1, -0.05) is 0 Å². The average Bonchev–Trinajstić information content (AvgIpc) is 2.68. The molecule has 1 aromatic rings. The van der Waals surface area contributed by atoms with E-state index in [0.717, 1.165) is 19.4 Å². The normalized spacial score (nSPS) is 25.1. The van der Waals surface area contributed by atoms with Crippen LogP contribution in [0.1, 0.15) is 19.8 Å². The van der Waals surface area contributed by atoms with Crippen LogP contribution in [0.4, 0.5) is 5.82 Å². The Balaban J connectivity index is 2.04. The zero-order chi connectivity index (χ0) is 10.7. The summed E-state index contributed by atoms with van der Waals surface area (Å²) in [6, 6.07) is 0. The molecule has 0 aliphatic carbocycles. The highest BCUT2D eigenvalue weighted by atomic mass is 16.2. The molecule has 5 nitrogen and oxygen atoms in total. The molecule has 1 aliphatic heterocycles. The van der Waals surface area contributed by atoms with Crippen LogP contribution >= 0.6 is 0 Å².